The first-order chi connectivity index (χ1) is 14.9. The summed E-state index contributed by atoms with van der Waals surface area (Å²) in [4.78, 5) is 30.0. The van der Waals surface area contributed by atoms with E-state index in [0.29, 0.717) is 42.8 Å². The van der Waals surface area contributed by atoms with Crippen molar-refractivity contribution in [2.75, 3.05) is 17.2 Å². The highest BCUT2D eigenvalue weighted by Crippen LogP contribution is 2.27. The minimum atomic E-state index is -0.449. The van der Waals surface area contributed by atoms with Gasteiger partial charge in [0.25, 0.3) is 0 Å². The van der Waals surface area contributed by atoms with E-state index in [-0.39, 0.29) is 17.4 Å². The van der Waals surface area contributed by atoms with Crippen molar-refractivity contribution in [3.8, 4) is 11.1 Å². The van der Waals surface area contributed by atoms with Gasteiger partial charge in [-0.2, -0.15) is 0 Å². The molecule has 0 radical (unpaired) electrons. The van der Waals surface area contributed by atoms with Gasteiger partial charge in [-0.1, -0.05) is 43.3 Å². The molecule has 6 heteroatoms. The highest BCUT2D eigenvalue weighted by Gasteiger charge is 2.16. The number of hydrogen-bond donors (Lipinski definition) is 1. The lowest BCUT2D eigenvalue weighted by atomic mass is 9.99. The van der Waals surface area contributed by atoms with Crippen LogP contribution < -0.4 is 10.6 Å². The molecule has 1 amide bonds. The molecule has 0 aliphatic carbocycles. The minimum Gasteiger partial charge on any atom is -0.383 e. The molecule has 1 heterocycles. The van der Waals surface area contributed by atoms with E-state index in [4.69, 9.17) is 5.73 Å². The second-order valence-electron chi connectivity index (χ2n) is 7.21. The minimum absolute atomic E-state index is 0.00740. The smallest absolute Gasteiger partial charge is 0.226 e. The Labute approximate surface area is 181 Å². The Morgan fingerprint density at radius 1 is 1.03 bits per heavy atom. The number of aromatic nitrogens is 1. The lowest BCUT2D eigenvalue weighted by molar-refractivity contribution is -0.118. The molecule has 0 fully saturated rings. The number of pyridine rings is 1. The fraction of sp³-hybridized carbons (Fsp3) is 0.240. The van der Waals surface area contributed by atoms with Gasteiger partial charge < -0.3 is 10.6 Å². The Morgan fingerprint density at radius 3 is 2.35 bits per heavy atom. The summed E-state index contributed by atoms with van der Waals surface area (Å²) < 4.78 is 14.7. The quantitative estimate of drug-likeness (QED) is 0.519. The normalized spacial score (nSPS) is 10.7. The zero-order valence-corrected chi connectivity index (χ0v) is 17.8. The molecule has 0 saturated carbocycles. The number of anilines is 2. The molecule has 0 aliphatic heterocycles. The number of amides is 1. The average molecular weight is 420 g/mol. The van der Waals surface area contributed by atoms with Gasteiger partial charge in [-0.05, 0) is 48.2 Å². The number of ketones is 1. The molecule has 2 aromatic carbocycles. The van der Waals surface area contributed by atoms with Gasteiger partial charge in [0.2, 0.25) is 5.91 Å². The summed E-state index contributed by atoms with van der Waals surface area (Å²) in [6, 6.07) is 15.6. The predicted molar refractivity (Wildman–Crippen MR) is 121 cm³/mol. The SMILES string of the molecule is CCC(=O)N(CC)c1ccc(-c2ccc(C(=O)CCc3cccnc3N)cc2)cc1F. The monoisotopic (exact) mass is 419 g/mol. The first kappa shape index (κ1) is 22.2. The van der Waals surface area contributed by atoms with Crippen LogP contribution in [-0.4, -0.2) is 23.2 Å². The first-order valence-corrected chi connectivity index (χ1v) is 10.4. The van der Waals surface area contributed by atoms with Crippen LogP contribution in [-0.2, 0) is 11.2 Å². The molecule has 2 N–H and O–H groups in total. The molecule has 3 aromatic rings. The molecule has 1 aromatic heterocycles. The van der Waals surface area contributed by atoms with Gasteiger partial charge in [-0.15, -0.1) is 0 Å². The molecule has 3 rings (SSSR count). The molecule has 5 nitrogen and oxygen atoms in total. The van der Waals surface area contributed by atoms with E-state index in [1.54, 1.807) is 55.6 Å². The van der Waals surface area contributed by atoms with Crippen LogP contribution in [0.4, 0.5) is 15.9 Å². The number of nitrogen functional groups attached to an aromatic ring is 1. The van der Waals surface area contributed by atoms with E-state index >= 15 is 0 Å². The molecule has 0 unspecified atom stereocenters. The van der Waals surface area contributed by atoms with Crippen molar-refractivity contribution in [2.24, 2.45) is 0 Å². The van der Waals surface area contributed by atoms with Crippen LogP contribution in [0.1, 0.15) is 42.6 Å². The van der Waals surface area contributed by atoms with Crippen molar-refractivity contribution in [2.45, 2.75) is 33.1 Å². The van der Waals surface area contributed by atoms with E-state index in [1.807, 2.05) is 13.0 Å². The van der Waals surface area contributed by atoms with Crippen molar-refractivity contribution in [1.82, 2.24) is 4.98 Å². The first-order valence-electron chi connectivity index (χ1n) is 10.4. The summed E-state index contributed by atoms with van der Waals surface area (Å²) >= 11 is 0. The van der Waals surface area contributed by atoms with Crippen LogP contribution in [0.3, 0.4) is 0 Å². The second kappa shape index (κ2) is 9.98. The van der Waals surface area contributed by atoms with Gasteiger partial charge in [0.05, 0.1) is 5.69 Å². The van der Waals surface area contributed by atoms with Gasteiger partial charge in [0, 0.05) is 31.1 Å². The molecule has 0 spiro atoms. The number of nitrogens with two attached hydrogens (primary N) is 1. The van der Waals surface area contributed by atoms with Crippen LogP contribution in [0.2, 0.25) is 0 Å². The topological polar surface area (TPSA) is 76.3 Å². The summed E-state index contributed by atoms with van der Waals surface area (Å²) in [6.45, 7) is 3.98. The molecular weight excluding hydrogens is 393 g/mol. The number of carbonyl (C=O) groups excluding carboxylic acids is 2. The number of rotatable bonds is 8. The Morgan fingerprint density at radius 2 is 1.74 bits per heavy atom. The van der Waals surface area contributed by atoms with Crippen molar-refractivity contribution in [1.29, 1.82) is 0 Å². The van der Waals surface area contributed by atoms with Crippen LogP contribution in [0.15, 0.2) is 60.8 Å². The van der Waals surface area contributed by atoms with Gasteiger partial charge in [0.1, 0.15) is 11.6 Å². The van der Waals surface area contributed by atoms with E-state index in [2.05, 4.69) is 4.98 Å². The maximum Gasteiger partial charge on any atom is 0.226 e. The van der Waals surface area contributed by atoms with E-state index < -0.39 is 5.82 Å². The van der Waals surface area contributed by atoms with Crippen LogP contribution in [0, 0.1) is 5.82 Å². The molecule has 0 atom stereocenters. The second-order valence-corrected chi connectivity index (χ2v) is 7.21. The number of benzene rings is 2. The van der Waals surface area contributed by atoms with Crippen molar-refractivity contribution < 1.29 is 14.0 Å². The maximum atomic E-state index is 14.7. The lowest BCUT2D eigenvalue weighted by Crippen LogP contribution is -2.30. The zero-order chi connectivity index (χ0) is 22.4. The van der Waals surface area contributed by atoms with Gasteiger partial charge >= 0.3 is 0 Å². The standard InChI is InChI=1S/C25H26FN3O2/c1-3-24(31)29(4-2)22-13-11-20(16-21(22)26)17-7-9-18(10-8-17)23(30)14-12-19-6-5-15-28-25(19)27/h5-11,13,15-16H,3-4,12,14H2,1-2H3,(H2,27,28). The number of hydrogen-bond acceptors (Lipinski definition) is 4. The van der Waals surface area contributed by atoms with Crippen LogP contribution in [0.25, 0.3) is 11.1 Å². The third-order valence-electron chi connectivity index (χ3n) is 5.25. The number of aryl methyl sites for hydroxylation is 1. The highest BCUT2D eigenvalue weighted by molar-refractivity contribution is 5.97. The predicted octanol–water partition coefficient (Wildman–Crippen LogP) is 5.05. The average Bonchev–Trinajstić information content (AvgIpc) is 2.79. The highest BCUT2D eigenvalue weighted by atomic mass is 19.1. The summed E-state index contributed by atoms with van der Waals surface area (Å²) in [5, 5.41) is 0. The van der Waals surface area contributed by atoms with Gasteiger partial charge in [-0.3, -0.25) is 9.59 Å². The molecule has 0 bridgehead atoms. The number of Topliss-reactive ketones (excluding diaryl/α,β-unsaturated/α-hetero) is 1. The lowest BCUT2D eigenvalue weighted by Gasteiger charge is -2.21. The summed E-state index contributed by atoms with van der Waals surface area (Å²) in [5.41, 5.74) is 9.03. The van der Waals surface area contributed by atoms with Crippen LogP contribution >= 0.6 is 0 Å². The fourth-order valence-corrected chi connectivity index (χ4v) is 3.48. The number of halogens is 1. The Hall–Kier alpha value is -3.54. The largest absolute Gasteiger partial charge is 0.383 e. The summed E-state index contributed by atoms with van der Waals surface area (Å²) in [6.07, 6.45) is 2.79. The Balaban J connectivity index is 1.72. The molecule has 160 valence electrons. The molecular formula is C25H26FN3O2. The van der Waals surface area contributed by atoms with Crippen molar-refractivity contribution in [3.05, 3.63) is 77.7 Å². The zero-order valence-electron chi connectivity index (χ0n) is 17.8. The summed E-state index contributed by atoms with van der Waals surface area (Å²) in [7, 11) is 0. The summed E-state index contributed by atoms with van der Waals surface area (Å²) in [5.74, 6) is -0.119. The third-order valence-corrected chi connectivity index (χ3v) is 5.25. The van der Waals surface area contributed by atoms with E-state index in [0.717, 1.165) is 11.1 Å². The van der Waals surface area contributed by atoms with Gasteiger partial charge in [0.15, 0.2) is 5.78 Å². The van der Waals surface area contributed by atoms with Crippen molar-refractivity contribution >= 4 is 23.2 Å². The van der Waals surface area contributed by atoms with Crippen LogP contribution in [0.5, 0.6) is 0 Å². The molecule has 0 saturated heterocycles. The number of nitrogens with zero attached hydrogens (tertiary/aromatic N) is 2. The maximum absolute atomic E-state index is 14.7. The van der Waals surface area contributed by atoms with E-state index in [1.165, 1.54) is 11.0 Å². The Kier molecular flexibility index (Phi) is 7.13. The van der Waals surface area contributed by atoms with Crippen molar-refractivity contribution in [3.63, 3.8) is 0 Å². The fourth-order valence-electron chi connectivity index (χ4n) is 3.48. The number of carbonyl (C=O) groups is 2. The molecule has 31 heavy (non-hydrogen) atoms. The van der Waals surface area contributed by atoms with E-state index in [9.17, 15) is 14.0 Å². The Bertz CT molecular complexity index is 1080. The molecule has 0 aliphatic rings. The third kappa shape index (κ3) is 5.15. The van der Waals surface area contributed by atoms with Gasteiger partial charge in [-0.25, -0.2) is 9.37 Å².